The summed E-state index contributed by atoms with van der Waals surface area (Å²) in [5.41, 5.74) is 6.39. The lowest BCUT2D eigenvalue weighted by Gasteiger charge is -2.09. The van der Waals surface area contributed by atoms with Crippen LogP contribution in [0.1, 0.15) is 22.5 Å². The van der Waals surface area contributed by atoms with Crippen molar-refractivity contribution in [3.8, 4) is 0 Å². The normalized spacial score (nSPS) is 10.7. The van der Waals surface area contributed by atoms with Crippen LogP contribution in [0.5, 0.6) is 0 Å². The van der Waals surface area contributed by atoms with Gasteiger partial charge in [0.05, 0.1) is 0 Å². The Labute approximate surface area is 117 Å². The van der Waals surface area contributed by atoms with Gasteiger partial charge in [-0.05, 0) is 66.0 Å². The molecule has 1 aromatic heterocycles. The first-order valence-electron chi connectivity index (χ1n) is 6.11. The minimum Gasteiger partial charge on any atom is -0.380 e. The van der Waals surface area contributed by atoms with Crippen molar-refractivity contribution in [1.29, 1.82) is 0 Å². The van der Waals surface area contributed by atoms with E-state index >= 15 is 0 Å². The first-order valence-corrected chi connectivity index (χ1v) is 6.90. The Morgan fingerprint density at radius 2 is 1.89 bits per heavy atom. The Balaban J connectivity index is 2.16. The second-order valence-corrected chi connectivity index (χ2v) is 5.65. The summed E-state index contributed by atoms with van der Waals surface area (Å²) in [5.74, 6) is 0. The molecular formula is C15H19BrN2. The van der Waals surface area contributed by atoms with Gasteiger partial charge in [0.1, 0.15) is 0 Å². The summed E-state index contributed by atoms with van der Waals surface area (Å²) in [6.45, 7) is 7.26. The van der Waals surface area contributed by atoms with Crippen LogP contribution in [0, 0.1) is 20.8 Å². The van der Waals surface area contributed by atoms with Crippen LogP contribution in [0.25, 0.3) is 0 Å². The lowest BCUT2D eigenvalue weighted by Crippen LogP contribution is -2.02. The fourth-order valence-corrected chi connectivity index (χ4v) is 2.46. The van der Waals surface area contributed by atoms with Gasteiger partial charge in [-0.15, -0.1) is 0 Å². The number of hydrogen-bond acceptors (Lipinski definition) is 1. The molecule has 3 heteroatoms. The van der Waals surface area contributed by atoms with Gasteiger partial charge in [-0.3, -0.25) is 0 Å². The molecule has 1 aromatic carbocycles. The van der Waals surface area contributed by atoms with Crippen LogP contribution in [-0.2, 0) is 13.6 Å². The van der Waals surface area contributed by atoms with Crippen LogP contribution in [0.4, 0.5) is 5.69 Å². The van der Waals surface area contributed by atoms with Gasteiger partial charge in [-0.1, -0.05) is 6.07 Å². The summed E-state index contributed by atoms with van der Waals surface area (Å²) in [5, 5.41) is 3.49. The summed E-state index contributed by atoms with van der Waals surface area (Å²) in [6, 6.07) is 8.59. The topological polar surface area (TPSA) is 17.0 Å². The molecule has 2 rings (SSSR count). The summed E-state index contributed by atoms with van der Waals surface area (Å²) < 4.78 is 3.33. The highest BCUT2D eigenvalue weighted by molar-refractivity contribution is 9.10. The van der Waals surface area contributed by atoms with E-state index in [9.17, 15) is 0 Å². The predicted octanol–water partition coefficient (Wildman–Crippen LogP) is 4.32. The Hall–Kier alpha value is -1.22. The van der Waals surface area contributed by atoms with E-state index < -0.39 is 0 Å². The molecule has 1 N–H and O–H groups in total. The Morgan fingerprint density at radius 3 is 2.50 bits per heavy atom. The number of benzene rings is 1. The van der Waals surface area contributed by atoms with Crippen molar-refractivity contribution in [2.24, 2.45) is 7.05 Å². The zero-order chi connectivity index (χ0) is 13.3. The van der Waals surface area contributed by atoms with Crippen molar-refractivity contribution < 1.29 is 0 Å². The van der Waals surface area contributed by atoms with Crippen molar-refractivity contribution in [2.45, 2.75) is 27.3 Å². The van der Waals surface area contributed by atoms with E-state index in [0.29, 0.717) is 0 Å². The Morgan fingerprint density at radius 1 is 1.17 bits per heavy atom. The van der Waals surface area contributed by atoms with E-state index in [0.717, 1.165) is 16.7 Å². The van der Waals surface area contributed by atoms with Crippen molar-refractivity contribution in [3.05, 3.63) is 51.3 Å². The molecule has 0 atom stereocenters. The first-order chi connectivity index (χ1) is 8.49. The summed E-state index contributed by atoms with van der Waals surface area (Å²) in [4.78, 5) is 0. The van der Waals surface area contributed by atoms with Gasteiger partial charge in [0.25, 0.3) is 0 Å². The van der Waals surface area contributed by atoms with E-state index in [4.69, 9.17) is 0 Å². The smallest absolute Gasteiger partial charge is 0.0489 e. The van der Waals surface area contributed by atoms with Crippen LogP contribution in [0.2, 0.25) is 0 Å². The molecule has 0 aliphatic carbocycles. The van der Waals surface area contributed by atoms with E-state index in [-0.39, 0.29) is 0 Å². The number of halogens is 1. The van der Waals surface area contributed by atoms with Crippen molar-refractivity contribution in [3.63, 3.8) is 0 Å². The molecule has 0 aliphatic rings. The Bertz CT molecular complexity index is 570. The fourth-order valence-electron chi connectivity index (χ4n) is 2.08. The molecule has 0 unspecified atom stereocenters. The second-order valence-electron chi connectivity index (χ2n) is 4.79. The quantitative estimate of drug-likeness (QED) is 0.893. The maximum Gasteiger partial charge on any atom is 0.0489 e. The third-order valence-corrected chi connectivity index (χ3v) is 4.16. The van der Waals surface area contributed by atoms with Crippen molar-refractivity contribution >= 4 is 21.6 Å². The number of aromatic nitrogens is 1. The molecule has 0 aliphatic heterocycles. The van der Waals surface area contributed by atoms with Gasteiger partial charge in [-0.25, -0.2) is 0 Å². The number of rotatable bonds is 3. The van der Waals surface area contributed by atoms with Gasteiger partial charge in [0.2, 0.25) is 0 Å². The molecule has 1 heterocycles. The maximum absolute atomic E-state index is 3.57. The lowest BCUT2D eigenvalue weighted by molar-refractivity contribution is 0.837. The molecule has 18 heavy (non-hydrogen) atoms. The van der Waals surface area contributed by atoms with E-state index in [1.54, 1.807) is 0 Å². The first kappa shape index (κ1) is 13.2. The monoisotopic (exact) mass is 306 g/mol. The molecule has 2 nitrogen and oxygen atoms in total. The molecule has 0 amide bonds. The molecule has 0 fully saturated rings. The molecule has 2 aromatic rings. The average Bonchev–Trinajstić information content (AvgIpc) is 2.58. The van der Waals surface area contributed by atoms with Gasteiger partial charge >= 0.3 is 0 Å². The lowest BCUT2D eigenvalue weighted by atomic mass is 10.2. The zero-order valence-electron chi connectivity index (χ0n) is 11.3. The van der Waals surface area contributed by atoms with Crippen LogP contribution >= 0.6 is 15.9 Å². The van der Waals surface area contributed by atoms with E-state index in [1.165, 1.54) is 22.5 Å². The number of nitrogens with one attached hydrogen (secondary N) is 1. The number of hydrogen-bond donors (Lipinski definition) is 1. The highest BCUT2D eigenvalue weighted by Gasteiger charge is 2.06. The number of nitrogens with zero attached hydrogens (tertiary/aromatic N) is 1. The van der Waals surface area contributed by atoms with Gasteiger partial charge < -0.3 is 9.88 Å². The zero-order valence-corrected chi connectivity index (χ0v) is 12.9. The molecule has 0 radical (unpaired) electrons. The van der Waals surface area contributed by atoms with Gasteiger partial charge in [0.15, 0.2) is 0 Å². The third kappa shape index (κ3) is 2.61. The SMILES string of the molecule is Cc1ccc(Br)c(NCc2cc(C)n(C)c2C)c1. The van der Waals surface area contributed by atoms with Gasteiger partial charge in [0, 0.05) is 35.1 Å². The largest absolute Gasteiger partial charge is 0.380 e. The van der Waals surface area contributed by atoms with Crippen LogP contribution in [-0.4, -0.2) is 4.57 Å². The van der Waals surface area contributed by atoms with Gasteiger partial charge in [-0.2, -0.15) is 0 Å². The number of anilines is 1. The fraction of sp³-hybridized carbons (Fsp3) is 0.333. The number of aryl methyl sites for hydroxylation is 2. The maximum atomic E-state index is 3.57. The highest BCUT2D eigenvalue weighted by Crippen LogP contribution is 2.24. The molecular weight excluding hydrogens is 288 g/mol. The molecule has 0 spiro atoms. The van der Waals surface area contributed by atoms with Crippen LogP contribution in [0.15, 0.2) is 28.7 Å². The third-order valence-electron chi connectivity index (χ3n) is 3.47. The average molecular weight is 307 g/mol. The molecule has 96 valence electrons. The molecule has 0 saturated heterocycles. The van der Waals surface area contributed by atoms with Crippen molar-refractivity contribution in [2.75, 3.05) is 5.32 Å². The van der Waals surface area contributed by atoms with Crippen LogP contribution in [0.3, 0.4) is 0 Å². The summed E-state index contributed by atoms with van der Waals surface area (Å²) in [7, 11) is 2.11. The summed E-state index contributed by atoms with van der Waals surface area (Å²) in [6.07, 6.45) is 0. The molecule has 0 saturated carbocycles. The summed E-state index contributed by atoms with van der Waals surface area (Å²) >= 11 is 3.57. The van der Waals surface area contributed by atoms with E-state index in [2.05, 4.69) is 77.9 Å². The second kappa shape index (κ2) is 5.19. The minimum atomic E-state index is 0.857. The van der Waals surface area contributed by atoms with E-state index in [1.807, 2.05) is 0 Å². The highest BCUT2D eigenvalue weighted by atomic mass is 79.9. The predicted molar refractivity (Wildman–Crippen MR) is 81.1 cm³/mol. The van der Waals surface area contributed by atoms with Crippen molar-refractivity contribution in [1.82, 2.24) is 4.57 Å². The molecule has 0 bridgehead atoms. The minimum absolute atomic E-state index is 0.857. The standard InChI is InChI=1S/C15H19BrN2/c1-10-5-6-14(16)15(7-10)17-9-13-8-11(2)18(4)12(13)3/h5-8,17H,9H2,1-4H3. The van der Waals surface area contributed by atoms with Crippen LogP contribution < -0.4 is 5.32 Å². The Kier molecular flexibility index (Phi) is 3.81.